The number of benzene rings is 1. The van der Waals surface area contributed by atoms with Crippen molar-refractivity contribution in [3.05, 3.63) is 23.8 Å². The molecule has 0 saturated carbocycles. The lowest BCUT2D eigenvalue weighted by Crippen LogP contribution is -2.29. The van der Waals surface area contributed by atoms with Crippen LogP contribution in [0, 0.1) is 0 Å². The Balaban J connectivity index is 2.79. The molecule has 17 heavy (non-hydrogen) atoms. The summed E-state index contributed by atoms with van der Waals surface area (Å²) in [6, 6.07) is 5.48. The second kappa shape index (κ2) is 5.54. The van der Waals surface area contributed by atoms with Gasteiger partial charge in [0.1, 0.15) is 0 Å². The van der Waals surface area contributed by atoms with Crippen LogP contribution in [0.15, 0.2) is 18.2 Å². The summed E-state index contributed by atoms with van der Waals surface area (Å²) in [5, 5.41) is 3.29. The summed E-state index contributed by atoms with van der Waals surface area (Å²) >= 11 is 0. The highest BCUT2D eigenvalue weighted by atomic mass is 16.1. The Morgan fingerprint density at radius 3 is 2.65 bits per heavy atom. The van der Waals surface area contributed by atoms with Gasteiger partial charge in [0.25, 0.3) is 5.91 Å². The number of hydrogen-bond acceptors (Lipinski definition) is 4. The van der Waals surface area contributed by atoms with Crippen LogP contribution in [-0.4, -0.2) is 37.5 Å². The average Bonchev–Trinajstić information content (AvgIpc) is 2.19. The average molecular weight is 236 g/mol. The number of amides is 1. The van der Waals surface area contributed by atoms with Crippen LogP contribution in [0.3, 0.4) is 0 Å². The second-order valence-electron chi connectivity index (χ2n) is 4.47. The van der Waals surface area contributed by atoms with E-state index in [1.165, 1.54) is 0 Å². The minimum atomic E-state index is -0.508. The highest BCUT2D eigenvalue weighted by Gasteiger charge is 2.08. The van der Waals surface area contributed by atoms with Crippen LogP contribution in [0.1, 0.15) is 17.3 Å². The smallest absolute Gasteiger partial charge is 0.250 e. The molecule has 1 unspecified atom stereocenters. The van der Waals surface area contributed by atoms with Crippen molar-refractivity contribution in [2.45, 2.75) is 13.0 Å². The number of carbonyl (C=O) groups excluding carboxylic acids is 1. The molecular weight excluding hydrogens is 216 g/mol. The monoisotopic (exact) mass is 236 g/mol. The molecule has 1 aromatic rings. The molecule has 1 rings (SSSR count). The maximum absolute atomic E-state index is 11.1. The van der Waals surface area contributed by atoms with E-state index in [-0.39, 0.29) is 6.04 Å². The fourth-order valence-electron chi connectivity index (χ4n) is 1.74. The molecule has 1 atom stereocenters. The van der Waals surface area contributed by atoms with E-state index in [0.29, 0.717) is 11.3 Å². The molecule has 5 N–H and O–H groups in total. The minimum absolute atomic E-state index is 0.273. The van der Waals surface area contributed by atoms with Crippen LogP contribution in [0.4, 0.5) is 11.4 Å². The van der Waals surface area contributed by atoms with E-state index >= 15 is 0 Å². The zero-order valence-corrected chi connectivity index (χ0v) is 10.5. The maximum atomic E-state index is 11.1. The lowest BCUT2D eigenvalue weighted by molar-refractivity contribution is 0.100. The first kappa shape index (κ1) is 13.3. The number of nitrogens with zero attached hydrogens (tertiary/aromatic N) is 1. The number of hydrogen-bond donors (Lipinski definition) is 3. The van der Waals surface area contributed by atoms with Crippen molar-refractivity contribution in [1.82, 2.24) is 4.90 Å². The van der Waals surface area contributed by atoms with E-state index in [0.717, 1.165) is 12.2 Å². The van der Waals surface area contributed by atoms with E-state index in [1.807, 2.05) is 20.2 Å². The zero-order chi connectivity index (χ0) is 13.0. The molecule has 0 heterocycles. The number of carbonyl (C=O) groups is 1. The van der Waals surface area contributed by atoms with E-state index in [9.17, 15) is 4.79 Å². The van der Waals surface area contributed by atoms with E-state index < -0.39 is 5.91 Å². The number of nitrogens with one attached hydrogen (secondary N) is 1. The van der Waals surface area contributed by atoms with Crippen molar-refractivity contribution in [2.75, 3.05) is 31.7 Å². The van der Waals surface area contributed by atoms with Gasteiger partial charge in [-0.25, -0.2) is 0 Å². The Hall–Kier alpha value is -1.75. The van der Waals surface area contributed by atoms with Gasteiger partial charge in [-0.15, -0.1) is 0 Å². The molecule has 0 fully saturated rings. The third kappa shape index (κ3) is 3.96. The van der Waals surface area contributed by atoms with Gasteiger partial charge in [-0.2, -0.15) is 0 Å². The quantitative estimate of drug-likeness (QED) is 0.658. The molecule has 0 aliphatic carbocycles. The molecule has 5 heteroatoms. The number of likely N-dealkylation sites (N-methyl/N-ethyl adjacent to an activating group) is 1. The molecule has 0 spiro atoms. The second-order valence-corrected chi connectivity index (χ2v) is 4.47. The fourth-order valence-corrected chi connectivity index (χ4v) is 1.74. The van der Waals surface area contributed by atoms with Crippen molar-refractivity contribution in [1.29, 1.82) is 0 Å². The van der Waals surface area contributed by atoms with Gasteiger partial charge in [-0.3, -0.25) is 4.79 Å². The van der Waals surface area contributed by atoms with Crippen molar-refractivity contribution < 1.29 is 4.79 Å². The van der Waals surface area contributed by atoms with Crippen LogP contribution in [-0.2, 0) is 0 Å². The normalized spacial score (nSPS) is 12.5. The van der Waals surface area contributed by atoms with Crippen molar-refractivity contribution in [2.24, 2.45) is 5.73 Å². The van der Waals surface area contributed by atoms with Crippen molar-refractivity contribution in [3.8, 4) is 0 Å². The Bertz CT molecular complexity index is 403. The highest BCUT2D eigenvalue weighted by Crippen LogP contribution is 2.18. The van der Waals surface area contributed by atoms with E-state index in [2.05, 4.69) is 17.1 Å². The summed E-state index contributed by atoms with van der Waals surface area (Å²) in [6.45, 7) is 2.97. The van der Waals surface area contributed by atoms with Gasteiger partial charge in [-0.05, 0) is 39.2 Å². The summed E-state index contributed by atoms with van der Waals surface area (Å²) in [4.78, 5) is 13.2. The van der Waals surface area contributed by atoms with Crippen LogP contribution in [0.2, 0.25) is 0 Å². The number of nitrogens with two attached hydrogens (primary N) is 2. The van der Waals surface area contributed by atoms with Crippen LogP contribution in [0.5, 0.6) is 0 Å². The fraction of sp³-hybridized carbons (Fsp3) is 0.417. The molecule has 1 aromatic carbocycles. The Labute approximate surface area is 102 Å². The molecular formula is C12H20N4O. The van der Waals surface area contributed by atoms with Gasteiger partial charge in [0.05, 0.1) is 5.56 Å². The first-order valence-electron chi connectivity index (χ1n) is 5.50. The lowest BCUT2D eigenvalue weighted by Gasteiger charge is -2.19. The van der Waals surface area contributed by atoms with Crippen LogP contribution < -0.4 is 16.8 Å². The first-order valence-corrected chi connectivity index (χ1v) is 5.50. The van der Waals surface area contributed by atoms with Gasteiger partial charge in [0, 0.05) is 24.0 Å². The van der Waals surface area contributed by atoms with Gasteiger partial charge >= 0.3 is 0 Å². The van der Waals surface area contributed by atoms with Crippen molar-refractivity contribution >= 4 is 17.3 Å². The topological polar surface area (TPSA) is 84.4 Å². The third-order valence-electron chi connectivity index (χ3n) is 2.37. The molecule has 1 amide bonds. The molecule has 5 nitrogen and oxygen atoms in total. The van der Waals surface area contributed by atoms with E-state index in [1.54, 1.807) is 12.1 Å². The maximum Gasteiger partial charge on any atom is 0.250 e. The van der Waals surface area contributed by atoms with Crippen LogP contribution >= 0.6 is 0 Å². The predicted octanol–water partition coefficient (Wildman–Crippen LogP) is 0.730. The largest absolute Gasteiger partial charge is 0.398 e. The number of nitrogen functional groups attached to an aromatic ring is 1. The highest BCUT2D eigenvalue weighted by molar-refractivity contribution is 5.98. The molecule has 94 valence electrons. The van der Waals surface area contributed by atoms with Gasteiger partial charge in [0.15, 0.2) is 0 Å². The summed E-state index contributed by atoms with van der Waals surface area (Å²) in [7, 11) is 4.02. The number of primary amides is 1. The number of anilines is 2. The van der Waals surface area contributed by atoms with Gasteiger partial charge < -0.3 is 21.7 Å². The summed E-state index contributed by atoms with van der Waals surface area (Å²) in [5.74, 6) is -0.508. The summed E-state index contributed by atoms with van der Waals surface area (Å²) in [6.07, 6.45) is 0. The SMILES string of the molecule is CC(CN(C)C)Nc1ccc(N)c(C(N)=O)c1. The molecule has 0 saturated heterocycles. The molecule has 0 aliphatic heterocycles. The Morgan fingerprint density at radius 2 is 2.12 bits per heavy atom. The standard InChI is InChI=1S/C12H20N4O/c1-8(7-16(2)3)15-9-4-5-11(13)10(6-9)12(14)17/h4-6,8,15H,7,13H2,1-3H3,(H2,14,17). The Kier molecular flexibility index (Phi) is 4.34. The molecule has 0 aromatic heterocycles. The van der Waals surface area contributed by atoms with E-state index in [4.69, 9.17) is 11.5 Å². The predicted molar refractivity (Wildman–Crippen MR) is 71.0 cm³/mol. The zero-order valence-electron chi connectivity index (χ0n) is 10.5. The molecule has 0 aliphatic rings. The minimum Gasteiger partial charge on any atom is -0.398 e. The molecule has 0 bridgehead atoms. The van der Waals surface area contributed by atoms with Gasteiger partial charge in [0.2, 0.25) is 0 Å². The summed E-state index contributed by atoms with van der Waals surface area (Å²) in [5.41, 5.74) is 12.5. The third-order valence-corrected chi connectivity index (χ3v) is 2.37. The van der Waals surface area contributed by atoms with Gasteiger partial charge in [-0.1, -0.05) is 0 Å². The molecule has 0 radical (unpaired) electrons. The van der Waals surface area contributed by atoms with Crippen molar-refractivity contribution in [3.63, 3.8) is 0 Å². The number of rotatable bonds is 5. The van der Waals surface area contributed by atoms with Crippen LogP contribution in [0.25, 0.3) is 0 Å². The lowest BCUT2D eigenvalue weighted by atomic mass is 10.1. The Morgan fingerprint density at radius 1 is 1.47 bits per heavy atom. The first-order chi connectivity index (χ1) is 7.90. The summed E-state index contributed by atoms with van der Waals surface area (Å²) < 4.78 is 0.